The average Bonchev–Trinajstić information content (AvgIpc) is 3.07. The van der Waals surface area contributed by atoms with Gasteiger partial charge in [0, 0.05) is 19.5 Å². The van der Waals surface area contributed by atoms with Crippen LogP contribution in [0.1, 0.15) is 42.3 Å². The number of hydrogen-bond donors (Lipinski definition) is 1. The number of carbonyl (C=O) groups is 1. The maximum Gasteiger partial charge on any atom is 0.220 e. The zero-order valence-corrected chi connectivity index (χ0v) is 13.6. The van der Waals surface area contributed by atoms with Gasteiger partial charge in [0.25, 0.3) is 0 Å². The fraction of sp³-hybridized carbons (Fsp3) is 0.500. The van der Waals surface area contributed by atoms with E-state index in [1.165, 1.54) is 11.3 Å². The molecule has 0 aliphatic carbocycles. The van der Waals surface area contributed by atoms with Gasteiger partial charge in [-0.2, -0.15) is 0 Å². The van der Waals surface area contributed by atoms with E-state index in [0.29, 0.717) is 16.8 Å². The lowest BCUT2D eigenvalue weighted by molar-refractivity contribution is -0.129. The second-order valence-electron chi connectivity index (χ2n) is 5.35. The van der Waals surface area contributed by atoms with E-state index >= 15 is 0 Å². The molecule has 0 aromatic carbocycles. The highest BCUT2D eigenvalue weighted by molar-refractivity contribution is 7.15. The standard InChI is InChI=1S/C14H18N6OS/c1-8-15-11(12-5-4-6-20(12)10(3)21)7-13(16-8)17-14-19-18-9(2)22-14/h7,12H,4-6H2,1-3H3,(H,15,16,17,19)/t12-/m1/s1. The number of nitrogens with zero attached hydrogens (tertiary/aromatic N) is 5. The van der Waals surface area contributed by atoms with Gasteiger partial charge in [-0.25, -0.2) is 9.97 Å². The van der Waals surface area contributed by atoms with Crippen molar-refractivity contribution in [3.8, 4) is 0 Å². The van der Waals surface area contributed by atoms with E-state index in [4.69, 9.17) is 0 Å². The Morgan fingerprint density at radius 1 is 1.36 bits per heavy atom. The normalized spacial score (nSPS) is 17.8. The van der Waals surface area contributed by atoms with Crippen LogP contribution in [0.3, 0.4) is 0 Å². The number of carbonyl (C=O) groups excluding carboxylic acids is 1. The molecule has 1 amide bonds. The summed E-state index contributed by atoms with van der Waals surface area (Å²) in [5, 5.41) is 12.8. The minimum absolute atomic E-state index is 0.0379. The summed E-state index contributed by atoms with van der Waals surface area (Å²) in [6.45, 7) is 6.16. The van der Waals surface area contributed by atoms with Crippen molar-refractivity contribution in [3.63, 3.8) is 0 Å². The molecule has 0 bridgehead atoms. The van der Waals surface area contributed by atoms with E-state index in [9.17, 15) is 4.79 Å². The third kappa shape index (κ3) is 3.06. The highest BCUT2D eigenvalue weighted by atomic mass is 32.1. The number of aryl methyl sites for hydroxylation is 2. The molecule has 22 heavy (non-hydrogen) atoms. The summed E-state index contributed by atoms with van der Waals surface area (Å²) in [4.78, 5) is 22.5. The molecule has 0 radical (unpaired) electrons. The fourth-order valence-corrected chi connectivity index (χ4v) is 3.33. The molecule has 7 nitrogen and oxygen atoms in total. The minimum Gasteiger partial charge on any atom is -0.334 e. The molecule has 3 heterocycles. The summed E-state index contributed by atoms with van der Waals surface area (Å²) in [6.07, 6.45) is 1.94. The van der Waals surface area contributed by atoms with Crippen LogP contribution in [0.25, 0.3) is 0 Å². The molecule has 0 unspecified atom stereocenters. The summed E-state index contributed by atoms with van der Waals surface area (Å²) in [7, 11) is 0. The van der Waals surface area contributed by atoms with Crippen LogP contribution in [0, 0.1) is 13.8 Å². The molecule has 2 aromatic rings. The van der Waals surface area contributed by atoms with Crippen LogP contribution in [-0.2, 0) is 4.79 Å². The lowest BCUT2D eigenvalue weighted by Crippen LogP contribution is -2.28. The van der Waals surface area contributed by atoms with Crippen LogP contribution >= 0.6 is 11.3 Å². The molecule has 1 atom stereocenters. The van der Waals surface area contributed by atoms with Crippen molar-refractivity contribution in [2.45, 2.75) is 39.7 Å². The monoisotopic (exact) mass is 318 g/mol. The minimum atomic E-state index is 0.0379. The van der Waals surface area contributed by atoms with Gasteiger partial charge in [-0.1, -0.05) is 11.3 Å². The van der Waals surface area contributed by atoms with E-state index < -0.39 is 0 Å². The molecular formula is C14H18N6OS. The van der Waals surface area contributed by atoms with Gasteiger partial charge in [-0.3, -0.25) is 4.79 Å². The Morgan fingerprint density at radius 3 is 2.86 bits per heavy atom. The lowest BCUT2D eigenvalue weighted by atomic mass is 10.1. The van der Waals surface area contributed by atoms with Gasteiger partial charge in [0.05, 0.1) is 11.7 Å². The highest BCUT2D eigenvalue weighted by Gasteiger charge is 2.29. The first-order valence-corrected chi connectivity index (χ1v) is 8.04. The second-order valence-corrected chi connectivity index (χ2v) is 6.53. The quantitative estimate of drug-likeness (QED) is 0.935. The number of hydrogen-bond acceptors (Lipinski definition) is 7. The predicted molar refractivity (Wildman–Crippen MR) is 84.1 cm³/mol. The Bertz CT molecular complexity index is 700. The molecule has 1 aliphatic rings. The van der Waals surface area contributed by atoms with Crippen LogP contribution in [0.2, 0.25) is 0 Å². The Balaban J connectivity index is 1.88. The maximum atomic E-state index is 11.7. The van der Waals surface area contributed by atoms with Crippen LogP contribution in [-0.4, -0.2) is 37.5 Å². The maximum absolute atomic E-state index is 11.7. The van der Waals surface area contributed by atoms with Gasteiger partial charge in [0.2, 0.25) is 11.0 Å². The smallest absolute Gasteiger partial charge is 0.220 e. The van der Waals surface area contributed by atoms with Crippen LogP contribution in [0.5, 0.6) is 0 Å². The number of amides is 1. The lowest BCUT2D eigenvalue weighted by Gasteiger charge is -2.23. The van der Waals surface area contributed by atoms with Gasteiger partial charge in [0.15, 0.2) is 0 Å². The van der Waals surface area contributed by atoms with E-state index in [1.807, 2.05) is 24.8 Å². The molecular weight excluding hydrogens is 300 g/mol. The summed E-state index contributed by atoms with van der Waals surface area (Å²) in [6, 6.07) is 1.94. The van der Waals surface area contributed by atoms with Crippen molar-refractivity contribution in [1.82, 2.24) is 25.1 Å². The zero-order valence-electron chi connectivity index (χ0n) is 12.8. The summed E-state index contributed by atoms with van der Waals surface area (Å²) >= 11 is 1.47. The molecule has 116 valence electrons. The topological polar surface area (TPSA) is 83.9 Å². The molecule has 1 saturated heterocycles. The molecule has 1 aliphatic heterocycles. The highest BCUT2D eigenvalue weighted by Crippen LogP contribution is 2.32. The second kappa shape index (κ2) is 5.96. The van der Waals surface area contributed by atoms with Crippen molar-refractivity contribution in [2.24, 2.45) is 0 Å². The SMILES string of the molecule is CC(=O)N1CCC[C@@H]1c1cc(Nc2nnc(C)s2)nc(C)n1. The van der Waals surface area contributed by atoms with Crippen molar-refractivity contribution in [3.05, 3.63) is 22.6 Å². The average molecular weight is 318 g/mol. The van der Waals surface area contributed by atoms with E-state index in [1.54, 1.807) is 6.92 Å². The summed E-state index contributed by atoms with van der Waals surface area (Å²) < 4.78 is 0. The first-order valence-electron chi connectivity index (χ1n) is 7.23. The van der Waals surface area contributed by atoms with Gasteiger partial charge in [0.1, 0.15) is 16.6 Å². The molecule has 1 N–H and O–H groups in total. The fourth-order valence-electron chi connectivity index (χ4n) is 2.73. The van der Waals surface area contributed by atoms with Gasteiger partial charge in [-0.05, 0) is 26.7 Å². The van der Waals surface area contributed by atoms with Crippen LogP contribution < -0.4 is 5.32 Å². The first-order chi connectivity index (χ1) is 10.5. The largest absolute Gasteiger partial charge is 0.334 e. The predicted octanol–water partition coefficient (Wildman–Crippen LogP) is 2.37. The van der Waals surface area contributed by atoms with Crippen molar-refractivity contribution < 1.29 is 4.79 Å². The van der Waals surface area contributed by atoms with Crippen LogP contribution in [0.4, 0.5) is 10.9 Å². The van der Waals surface area contributed by atoms with E-state index in [2.05, 4.69) is 25.5 Å². The number of anilines is 2. The number of rotatable bonds is 3. The Labute approximate surface area is 132 Å². The number of likely N-dealkylation sites (tertiary alicyclic amines) is 1. The Kier molecular flexibility index (Phi) is 4.02. The van der Waals surface area contributed by atoms with E-state index in [0.717, 1.165) is 30.1 Å². The molecule has 0 saturated carbocycles. The van der Waals surface area contributed by atoms with Crippen molar-refractivity contribution >= 4 is 28.2 Å². The molecule has 2 aromatic heterocycles. The van der Waals surface area contributed by atoms with Crippen molar-refractivity contribution in [2.75, 3.05) is 11.9 Å². The van der Waals surface area contributed by atoms with E-state index in [-0.39, 0.29) is 11.9 Å². The van der Waals surface area contributed by atoms with Gasteiger partial charge in [-0.15, -0.1) is 10.2 Å². The summed E-state index contributed by atoms with van der Waals surface area (Å²) in [5.74, 6) is 1.46. The molecule has 1 fully saturated rings. The molecule has 0 spiro atoms. The Morgan fingerprint density at radius 2 is 2.18 bits per heavy atom. The molecule has 3 rings (SSSR count). The van der Waals surface area contributed by atoms with Crippen LogP contribution in [0.15, 0.2) is 6.07 Å². The third-order valence-electron chi connectivity index (χ3n) is 3.62. The summed E-state index contributed by atoms with van der Waals surface area (Å²) in [5.41, 5.74) is 0.879. The number of aromatic nitrogens is 4. The van der Waals surface area contributed by atoms with Gasteiger partial charge < -0.3 is 10.2 Å². The third-order valence-corrected chi connectivity index (χ3v) is 4.37. The Hall–Kier alpha value is -2.09. The van der Waals surface area contributed by atoms with Crippen molar-refractivity contribution in [1.29, 1.82) is 0 Å². The van der Waals surface area contributed by atoms with Gasteiger partial charge >= 0.3 is 0 Å². The molecule has 8 heteroatoms. The number of nitrogens with one attached hydrogen (secondary N) is 1. The zero-order chi connectivity index (χ0) is 15.7. The first kappa shape index (κ1) is 14.8.